The highest BCUT2D eigenvalue weighted by Crippen LogP contribution is 2.10. The fourth-order valence-corrected chi connectivity index (χ4v) is 2.52. The Balaban J connectivity index is 2.65. The van der Waals surface area contributed by atoms with Crippen LogP contribution in [0.2, 0.25) is 0 Å². The minimum absolute atomic E-state index is 0.0560. The van der Waals surface area contributed by atoms with Gasteiger partial charge in [-0.15, -0.1) is 0 Å². The third-order valence-corrected chi connectivity index (χ3v) is 3.99. The molecular weight excluding hydrogens is 373 g/mol. The molecule has 0 radical (unpaired) electrons. The maximum Gasteiger partial charge on any atom is 0.407 e. The van der Waals surface area contributed by atoms with E-state index in [1.807, 2.05) is 26.8 Å². The molecule has 1 rings (SSSR count). The van der Waals surface area contributed by atoms with Gasteiger partial charge < -0.3 is 20.7 Å². The molecule has 7 nitrogen and oxygen atoms in total. The van der Waals surface area contributed by atoms with Crippen molar-refractivity contribution in [3.63, 3.8) is 0 Å². The van der Waals surface area contributed by atoms with Crippen LogP contribution in [0.5, 0.6) is 0 Å². The third-order valence-electron chi connectivity index (χ3n) is 3.99. The lowest BCUT2D eigenvalue weighted by Gasteiger charge is -2.24. The van der Waals surface area contributed by atoms with E-state index in [0.717, 1.165) is 19.3 Å². The van der Waals surface area contributed by atoms with Crippen molar-refractivity contribution in [2.45, 2.75) is 65.1 Å². The Morgan fingerprint density at radius 2 is 2.07 bits per heavy atom. The van der Waals surface area contributed by atoms with E-state index in [-0.39, 0.29) is 18.2 Å². The molecule has 0 aromatic heterocycles. The number of nitriles is 1. The lowest BCUT2D eigenvalue weighted by molar-refractivity contribution is 0.0522. The summed E-state index contributed by atoms with van der Waals surface area (Å²) in [7, 11) is 1.63. The molecule has 3 N–H and O–H groups in total. The Morgan fingerprint density at radius 1 is 1.34 bits per heavy atom. The lowest BCUT2D eigenvalue weighted by atomic mass is 10.1. The molecule has 1 aromatic carbocycles. The van der Waals surface area contributed by atoms with Crippen molar-refractivity contribution in [3.05, 3.63) is 35.1 Å². The van der Waals surface area contributed by atoms with E-state index in [9.17, 15) is 9.18 Å². The van der Waals surface area contributed by atoms with E-state index in [4.69, 9.17) is 10.00 Å². The van der Waals surface area contributed by atoms with E-state index < -0.39 is 17.5 Å². The predicted octanol–water partition coefficient (Wildman–Crippen LogP) is 3.45. The molecule has 0 saturated heterocycles. The fourth-order valence-electron chi connectivity index (χ4n) is 2.52. The van der Waals surface area contributed by atoms with Crippen LogP contribution < -0.4 is 16.0 Å². The first-order valence-corrected chi connectivity index (χ1v) is 9.81. The number of ether oxygens (including phenoxy) is 1. The van der Waals surface area contributed by atoms with Crippen LogP contribution >= 0.6 is 0 Å². The van der Waals surface area contributed by atoms with Gasteiger partial charge in [0.15, 0.2) is 5.96 Å². The van der Waals surface area contributed by atoms with Gasteiger partial charge in [-0.2, -0.15) is 5.26 Å². The Kier molecular flexibility index (Phi) is 9.93. The Morgan fingerprint density at radius 3 is 2.62 bits per heavy atom. The second-order valence-electron chi connectivity index (χ2n) is 7.71. The summed E-state index contributed by atoms with van der Waals surface area (Å²) in [6, 6.07) is 6.22. The molecule has 8 heteroatoms. The van der Waals surface area contributed by atoms with E-state index in [2.05, 4.69) is 27.9 Å². The van der Waals surface area contributed by atoms with Crippen LogP contribution in [0, 0.1) is 17.1 Å². The van der Waals surface area contributed by atoms with Crippen LogP contribution in [-0.4, -0.2) is 37.3 Å². The topological polar surface area (TPSA) is 98.5 Å². The van der Waals surface area contributed by atoms with E-state index in [0.29, 0.717) is 18.1 Å². The monoisotopic (exact) mass is 405 g/mol. The molecule has 29 heavy (non-hydrogen) atoms. The lowest BCUT2D eigenvalue weighted by Crippen LogP contribution is -2.48. The number of hydrogen-bond donors (Lipinski definition) is 3. The van der Waals surface area contributed by atoms with Crippen LogP contribution in [-0.2, 0) is 11.3 Å². The van der Waals surface area contributed by atoms with Gasteiger partial charge in [0, 0.05) is 31.7 Å². The number of hydrogen-bond acceptors (Lipinski definition) is 4. The van der Waals surface area contributed by atoms with Crippen LogP contribution in [0.1, 0.15) is 58.1 Å². The first kappa shape index (κ1) is 24.2. The second-order valence-corrected chi connectivity index (χ2v) is 7.71. The van der Waals surface area contributed by atoms with Gasteiger partial charge >= 0.3 is 6.09 Å². The first-order valence-electron chi connectivity index (χ1n) is 9.81. The molecule has 0 heterocycles. The second kappa shape index (κ2) is 11.9. The molecule has 0 aliphatic heterocycles. The number of guanidine groups is 1. The zero-order valence-corrected chi connectivity index (χ0v) is 17.9. The number of nitrogens with zero attached hydrogens (tertiary/aromatic N) is 2. The minimum Gasteiger partial charge on any atom is -0.444 e. The number of nitrogens with one attached hydrogen (secondary N) is 3. The van der Waals surface area contributed by atoms with Crippen molar-refractivity contribution in [2.24, 2.45) is 4.99 Å². The van der Waals surface area contributed by atoms with Crippen molar-refractivity contribution in [1.29, 1.82) is 5.26 Å². The van der Waals surface area contributed by atoms with Gasteiger partial charge in [-0.3, -0.25) is 4.99 Å². The van der Waals surface area contributed by atoms with Crippen molar-refractivity contribution >= 4 is 12.1 Å². The molecule has 1 atom stereocenters. The zero-order valence-electron chi connectivity index (χ0n) is 17.9. The summed E-state index contributed by atoms with van der Waals surface area (Å²) in [4.78, 5) is 16.1. The largest absolute Gasteiger partial charge is 0.444 e. The molecule has 0 saturated carbocycles. The molecule has 0 bridgehead atoms. The minimum atomic E-state index is -0.556. The van der Waals surface area contributed by atoms with Crippen LogP contribution in [0.25, 0.3) is 0 Å². The number of unbranched alkanes of at least 4 members (excludes halogenated alkanes) is 1. The standard InChI is InChI=1S/C21H32FN5O2/c1-6-7-8-17(14-26-20(28)29-21(2,3)4)27-19(24-5)25-13-16-10-9-15(12-23)11-18(16)22/h9-11,17H,6-8,13-14H2,1-5H3,(H,26,28)(H2,24,25,27). The Bertz CT molecular complexity index is 738. The number of alkyl carbamates (subject to hydrolysis) is 1. The summed E-state index contributed by atoms with van der Waals surface area (Å²) in [5, 5.41) is 17.9. The van der Waals surface area contributed by atoms with Gasteiger partial charge in [-0.1, -0.05) is 25.8 Å². The number of carbonyl (C=O) groups excluding carboxylic acids is 1. The number of aliphatic imine (C=N–C) groups is 1. The number of rotatable bonds is 8. The molecule has 0 fully saturated rings. The molecule has 1 aromatic rings. The normalized spacial score (nSPS) is 12.7. The molecule has 1 unspecified atom stereocenters. The Labute approximate surface area is 172 Å². The SMILES string of the molecule is CCCCC(CNC(=O)OC(C)(C)C)NC(=NC)NCc1ccc(C#N)cc1F. The summed E-state index contributed by atoms with van der Waals surface area (Å²) in [5.74, 6) is 0.0574. The molecule has 0 aliphatic carbocycles. The number of carbonyl (C=O) groups is 1. The summed E-state index contributed by atoms with van der Waals surface area (Å²) in [5.41, 5.74) is 0.157. The van der Waals surface area contributed by atoms with Gasteiger partial charge in [-0.05, 0) is 39.3 Å². The van der Waals surface area contributed by atoms with Gasteiger partial charge in [0.05, 0.1) is 11.6 Å². The summed E-state index contributed by atoms with van der Waals surface area (Å²) in [6.45, 7) is 8.13. The molecule has 160 valence electrons. The first-order chi connectivity index (χ1) is 13.7. The predicted molar refractivity (Wildman–Crippen MR) is 112 cm³/mol. The third kappa shape index (κ3) is 9.79. The summed E-state index contributed by atoms with van der Waals surface area (Å²) in [6.07, 6.45) is 2.36. The van der Waals surface area contributed by atoms with Gasteiger partial charge in [0.1, 0.15) is 11.4 Å². The van der Waals surface area contributed by atoms with Crippen molar-refractivity contribution in [3.8, 4) is 6.07 Å². The maximum atomic E-state index is 14.1. The van der Waals surface area contributed by atoms with E-state index >= 15 is 0 Å². The average Bonchev–Trinajstić information content (AvgIpc) is 2.66. The van der Waals surface area contributed by atoms with Crippen LogP contribution in [0.4, 0.5) is 9.18 Å². The Hall–Kier alpha value is -2.82. The molecule has 0 aliphatic rings. The van der Waals surface area contributed by atoms with Gasteiger partial charge in [-0.25, -0.2) is 9.18 Å². The fraction of sp³-hybridized carbons (Fsp3) is 0.571. The van der Waals surface area contributed by atoms with Crippen molar-refractivity contribution in [1.82, 2.24) is 16.0 Å². The van der Waals surface area contributed by atoms with Gasteiger partial charge in [0.2, 0.25) is 0 Å². The maximum absolute atomic E-state index is 14.1. The van der Waals surface area contributed by atoms with E-state index in [1.54, 1.807) is 19.2 Å². The van der Waals surface area contributed by atoms with Crippen molar-refractivity contribution < 1.29 is 13.9 Å². The molecule has 1 amide bonds. The molecule has 0 spiro atoms. The number of benzene rings is 1. The van der Waals surface area contributed by atoms with Crippen LogP contribution in [0.3, 0.4) is 0 Å². The van der Waals surface area contributed by atoms with Crippen LogP contribution in [0.15, 0.2) is 23.2 Å². The quantitative estimate of drug-likeness (QED) is 0.454. The number of amides is 1. The average molecular weight is 406 g/mol. The van der Waals surface area contributed by atoms with E-state index in [1.165, 1.54) is 6.07 Å². The summed E-state index contributed by atoms with van der Waals surface area (Å²) >= 11 is 0. The number of halogens is 1. The highest BCUT2D eigenvalue weighted by atomic mass is 19.1. The van der Waals surface area contributed by atoms with Crippen molar-refractivity contribution in [2.75, 3.05) is 13.6 Å². The zero-order chi connectivity index (χ0) is 21.9. The smallest absolute Gasteiger partial charge is 0.407 e. The summed E-state index contributed by atoms with van der Waals surface area (Å²) < 4.78 is 19.3. The van der Waals surface area contributed by atoms with Gasteiger partial charge in [0.25, 0.3) is 0 Å². The highest BCUT2D eigenvalue weighted by Gasteiger charge is 2.18. The highest BCUT2D eigenvalue weighted by molar-refractivity contribution is 5.80. The molecular formula is C21H32FN5O2.